The summed E-state index contributed by atoms with van der Waals surface area (Å²) in [6.45, 7) is 4.64. The standard InChI is InChI=1S/C29H26ClFN4O6S/c1-3-33(4-2)20-12-11-18(25(15-20)41-17-27(36)32-19-7-5-8-21(14-19)35(39)40)13-26-28(37)34(29(38)42-26)16-22-23(30)9-6-10-24(22)31/h5-15H,3-4,16-17H2,1-2H3,(H,32,36)/b26-13-. The Morgan fingerprint density at radius 2 is 1.88 bits per heavy atom. The molecule has 4 rings (SSSR count). The average Bonchev–Trinajstić information content (AvgIpc) is 3.22. The number of nitro groups is 1. The Labute approximate surface area is 250 Å². The molecule has 0 aliphatic carbocycles. The Morgan fingerprint density at radius 1 is 1.14 bits per heavy atom. The third kappa shape index (κ3) is 7.07. The number of hydrogen-bond acceptors (Lipinski definition) is 8. The molecule has 1 aliphatic heterocycles. The van der Waals surface area contributed by atoms with Gasteiger partial charge in [0.2, 0.25) is 0 Å². The lowest BCUT2D eigenvalue weighted by molar-refractivity contribution is -0.384. The van der Waals surface area contributed by atoms with Crippen molar-refractivity contribution in [2.75, 3.05) is 29.9 Å². The molecule has 0 radical (unpaired) electrons. The second kappa shape index (κ2) is 13.5. The summed E-state index contributed by atoms with van der Waals surface area (Å²) in [7, 11) is 0. The van der Waals surface area contributed by atoms with Gasteiger partial charge in [0, 0.05) is 58.8 Å². The van der Waals surface area contributed by atoms with Crippen molar-refractivity contribution in [2.24, 2.45) is 0 Å². The fraction of sp³-hybridized carbons (Fsp3) is 0.207. The van der Waals surface area contributed by atoms with E-state index in [9.17, 15) is 28.9 Å². The molecule has 0 aromatic heterocycles. The molecule has 1 N–H and O–H groups in total. The third-order valence-corrected chi connectivity index (χ3v) is 7.62. The van der Waals surface area contributed by atoms with E-state index in [2.05, 4.69) is 10.2 Å². The van der Waals surface area contributed by atoms with E-state index in [0.29, 0.717) is 30.4 Å². The van der Waals surface area contributed by atoms with Gasteiger partial charge >= 0.3 is 0 Å². The number of carbonyl (C=O) groups is 3. The summed E-state index contributed by atoms with van der Waals surface area (Å²) in [5, 5.41) is 13.1. The van der Waals surface area contributed by atoms with Gasteiger partial charge in [-0.05, 0) is 62.0 Å². The van der Waals surface area contributed by atoms with Crippen LogP contribution in [0, 0.1) is 15.9 Å². The van der Waals surface area contributed by atoms with Crippen molar-refractivity contribution in [2.45, 2.75) is 20.4 Å². The van der Waals surface area contributed by atoms with Crippen molar-refractivity contribution < 1.29 is 28.4 Å². The molecule has 218 valence electrons. The zero-order valence-corrected chi connectivity index (χ0v) is 24.2. The summed E-state index contributed by atoms with van der Waals surface area (Å²) in [5.41, 5.74) is 1.34. The van der Waals surface area contributed by atoms with Crippen LogP contribution in [-0.4, -0.2) is 46.6 Å². The second-order valence-electron chi connectivity index (χ2n) is 9.01. The molecule has 0 saturated carbocycles. The highest BCUT2D eigenvalue weighted by Crippen LogP contribution is 2.37. The van der Waals surface area contributed by atoms with Crippen molar-refractivity contribution in [3.63, 3.8) is 0 Å². The van der Waals surface area contributed by atoms with Gasteiger partial charge in [-0.25, -0.2) is 4.39 Å². The third-order valence-electron chi connectivity index (χ3n) is 6.36. The Bertz CT molecular complexity index is 1560. The normalized spacial score (nSPS) is 13.9. The fourth-order valence-electron chi connectivity index (χ4n) is 4.21. The summed E-state index contributed by atoms with van der Waals surface area (Å²) in [5.74, 6) is -1.53. The summed E-state index contributed by atoms with van der Waals surface area (Å²) in [4.78, 5) is 52.0. The molecule has 3 aromatic rings. The van der Waals surface area contributed by atoms with Gasteiger partial charge in [-0.2, -0.15) is 0 Å². The predicted molar refractivity (Wildman–Crippen MR) is 160 cm³/mol. The lowest BCUT2D eigenvalue weighted by Gasteiger charge is -2.22. The number of rotatable bonds is 11. The molecule has 1 fully saturated rings. The molecular formula is C29H26ClFN4O6S. The molecule has 1 heterocycles. The molecule has 10 nitrogen and oxygen atoms in total. The number of imide groups is 1. The molecule has 42 heavy (non-hydrogen) atoms. The first-order valence-corrected chi connectivity index (χ1v) is 14.0. The van der Waals surface area contributed by atoms with Crippen LogP contribution in [0.2, 0.25) is 5.02 Å². The Kier molecular flexibility index (Phi) is 9.81. The van der Waals surface area contributed by atoms with Crippen molar-refractivity contribution in [1.29, 1.82) is 0 Å². The van der Waals surface area contributed by atoms with E-state index in [1.165, 1.54) is 48.5 Å². The Hall–Kier alpha value is -4.42. The van der Waals surface area contributed by atoms with Gasteiger partial charge in [0.1, 0.15) is 11.6 Å². The van der Waals surface area contributed by atoms with Gasteiger partial charge < -0.3 is 15.0 Å². The number of amides is 3. The zero-order chi connectivity index (χ0) is 30.4. The number of thioether (sulfide) groups is 1. The minimum absolute atomic E-state index is 0.0325. The summed E-state index contributed by atoms with van der Waals surface area (Å²) in [6, 6.07) is 14.9. The van der Waals surface area contributed by atoms with Crippen molar-refractivity contribution in [3.05, 3.63) is 97.6 Å². The predicted octanol–water partition coefficient (Wildman–Crippen LogP) is 6.49. The first-order valence-electron chi connectivity index (χ1n) is 12.9. The Balaban J connectivity index is 1.57. The van der Waals surface area contributed by atoms with Crippen LogP contribution in [0.25, 0.3) is 6.08 Å². The van der Waals surface area contributed by atoms with Crippen LogP contribution in [0.15, 0.2) is 65.6 Å². The number of ether oxygens (including phenoxy) is 1. The topological polar surface area (TPSA) is 122 Å². The quantitative estimate of drug-likeness (QED) is 0.148. The second-order valence-corrected chi connectivity index (χ2v) is 10.4. The van der Waals surface area contributed by atoms with Crippen LogP contribution in [0.4, 0.5) is 26.2 Å². The van der Waals surface area contributed by atoms with E-state index in [4.69, 9.17) is 16.3 Å². The molecule has 0 unspecified atom stereocenters. The maximum atomic E-state index is 14.3. The number of benzene rings is 3. The first-order chi connectivity index (χ1) is 20.1. The molecule has 13 heteroatoms. The van der Waals surface area contributed by atoms with Gasteiger partial charge in [0.25, 0.3) is 22.7 Å². The lowest BCUT2D eigenvalue weighted by atomic mass is 10.1. The van der Waals surface area contributed by atoms with Gasteiger partial charge in [0.05, 0.1) is 16.4 Å². The number of non-ortho nitro benzene ring substituents is 1. The van der Waals surface area contributed by atoms with Gasteiger partial charge in [-0.15, -0.1) is 0 Å². The van der Waals surface area contributed by atoms with E-state index in [1.54, 1.807) is 12.1 Å². The smallest absolute Gasteiger partial charge is 0.293 e. The van der Waals surface area contributed by atoms with Crippen LogP contribution in [0.3, 0.4) is 0 Å². The number of hydrogen-bond donors (Lipinski definition) is 1. The molecule has 0 bridgehead atoms. The van der Waals surface area contributed by atoms with E-state index < -0.39 is 34.4 Å². The highest BCUT2D eigenvalue weighted by atomic mass is 35.5. The first kappa shape index (κ1) is 30.5. The van der Waals surface area contributed by atoms with Crippen LogP contribution in [0.5, 0.6) is 5.75 Å². The van der Waals surface area contributed by atoms with Crippen LogP contribution < -0.4 is 15.0 Å². The average molecular weight is 613 g/mol. The zero-order valence-electron chi connectivity index (χ0n) is 22.6. The van der Waals surface area contributed by atoms with Crippen LogP contribution in [-0.2, 0) is 16.1 Å². The number of nitro benzene ring substituents is 1. The number of nitrogens with zero attached hydrogens (tertiary/aromatic N) is 3. The SMILES string of the molecule is CCN(CC)c1ccc(/C=C2\SC(=O)N(Cc3c(F)cccc3Cl)C2=O)c(OCC(=O)Nc2cccc([N+](=O)[O-])c2)c1. The van der Waals surface area contributed by atoms with Crippen molar-refractivity contribution >= 4 is 63.6 Å². The molecule has 0 spiro atoms. The fourth-order valence-corrected chi connectivity index (χ4v) is 5.26. The van der Waals surface area contributed by atoms with Gasteiger partial charge in [-0.3, -0.25) is 29.4 Å². The number of carbonyl (C=O) groups excluding carboxylic acids is 3. The molecule has 1 aliphatic rings. The maximum absolute atomic E-state index is 14.3. The highest BCUT2D eigenvalue weighted by Gasteiger charge is 2.36. The summed E-state index contributed by atoms with van der Waals surface area (Å²) in [6.07, 6.45) is 1.48. The maximum Gasteiger partial charge on any atom is 0.293 e. The number of nitrogens with one attached hydrogen (secondary N) is 1. The van der Waals surface area contributed by atoms with Crippen molar-refractivity contribution in [1.82, 2.24) is 4.90 Å². The van der Waals surface area contributed by atoms with Crippen LogP contribution in [0.1, 0.15) is 25.0 Å². The minimum atomic E-state index is -0.628. The summed E-state index contributed by atoms with van der Waals surface area (Å²) < 4.78 is 20.2. The van der Waals surface area contributed by atoms with Gasteiger partial charge in [-0.1, -0.05) is 23.7 Å². The molecule has 3 amide bonds. The van der Waals surface area contributed by atoms with E-state index in [1.807, 2.05) is 19.9 Å². The number of halogens is 2. The van der Waals surface area contributed by atoms with Gasteiger partial charge in [0.15, 0.2) is 6.61 Å². The summed E-state index contributed by atoms with van der Waals surface area (Å²) >= 11 is 6.79. The molecule has 0 atom stereocenters. The highest BCUT2D eigenvalue weighted by molar-refractivity contribution is 8.18. The van der Waals surface area contributed by atoms with E-state index >= 15 is 0 Å². The monoisotopic (exact) mass is 612 g/mol. The van der Waals surface area contributed by atoms with E-state index in [-0.39, 0.29) is 39.2 Å². The van der Waals surface area contributed by atoms with Crippen molar-refractivity contribution in [3.8, 4) is 5.75 Å². The number of anilines is 2. The Morgan fingerprint density at radius 3 is 2.57 bits per heavy atom. The lowest BCUT2D eigenvalue weighted by Crippen LogP contribution is -2.28. The molecule has 3 aromatic carbocycles. The minimum Gasteiger partial charge on any atom is -0.483 e. The van der Waals surface area contributed by atoms with E-state index in [0.717, 1.165) is 10.6 Å². The van der Waals surface area contributed by atoms with Crippen LogP contribution >= 0.6 is 23.4 Å². The molecule has 1 saturated heterocycles. The largest absolute Gasteiger partial charge is 0.483 e. The molecular weight excluding hydrogens is 587 g/mol.